The van der Waals surface area contributed by atoms with Crippen molar-refractivity contribution < 1.29 is 5.11 Å². The molecule has 20 heavy (non-hydrogen) atoms. The maximum atomic E-state index is 10.9. The highest BCUT2D eigenvalue weighted by Gasteiger charge is 2.39. The molecule has 1 heterocycles. The molecule has 0 saturated heterocycles. The van der Waals surface area contributed by atoms with Crippen LogP contribution in [0.3, 0.4) is 0 Å². The fourth-order valence-corrected chi connectivity index (χ4v) is 3.50. The lowest BCUT2D eigenvalue weighted by Gasteiger charge is -2.27. The monoisotopic (exact) mass is 272 g/mol. The zero-order valence-electron chi connectivity index (χ0n) is 12.5. The molecule has 3 rings (SSSR count). The van der Waals surface area contributed by atoms with E-state index in [1.54, 1.807) is 0 Å². The summed E-state index contributed by atoms with van der Waals surface area (Å²) in [7, 11) is 0. The van der Waals surface area contributed by atoms with Gasteiger partial charge in [-0.2, -0.15) is 0 Å². The smallest absolute Gasteiger partial charge is 0.112 e. The van der Waals surface area contributed by atoms with Crippen LogP contribution in [0.1, 0.15) is 45.4 Å². The third kappa shape index (κ3) is 2.24. The molecule has 1 aliphatic carbocycles. The van der Waals surface area contributed by atoms with Gasteiger partial charge >= 0.3 is 0 Å². The minimum Gasteiger partial charge on any atom is -0.389 e. The molecule has 108 valence electrons. The van der Waals surface area contributed by atoms with Gasteiger partial charge in [-0.15, -0.1) is 0 Å². The van der Waals surface area contributed by atoms with Crippen molar-refractivity contribution in [3.05, 3.63) is 30.1 Å². The number of fused-ring (bicyclic) bond motifs is 1. The predicted octanol–water partition coefficient (Wildman–Crippen LogP) is 3.54. The molecule has 2 aromatic rings. The van der Waals surface area contributed by atoms with E-state index in [2.05, 4.69) is 36.6 Å². The molecule has 3 nitrogen and oxygen atoms in total. The van der Waals surface area contributed by atoms with Gasteiger partial charge < -0.3 is 9.67 Å². The van der Waals surface area contributed by atoms with Crippen molar-refractivity contribution in [3.8, 4) is 0 Å². The van der Waals surface area contributed by atoms with Crippen LogP contribution in [0, 0.1) is 5.92 Å². The number of aliphatic hydroxyl groups is 1. The number of imidazole rings is 1. The van der Waals surface area contributed by atoms with Gasteiger partial charge in [-0.3, -0.25) is 0 Å². The van der Waals surface area contributed by atoms with Gasteiger partial charge in [0.25, 0.3) is 0 Å². The number of nitrogens with zero attached hydrogens (tertiary/aromatic N) is 2. The third-order valence-corrected chi connectivity index (χ3v) is 4.81. The summed E-state index contributed by atoms with van der Waals surface area (Å²) in [6.07, 6.45) is 4.93. The number of aromatic nitrogens is 2. The number of benzene rings is 1. The van der Waals surface area contributed by atoms with E-state index in [0.29, 0.717) is 12.3 Å². The molecule has 1 aromatic carbocycles. The molecule has 2 atom stereocenters. The first-order valence-electron chi connectivity index (χ1n) is 7.80. The first-order valence-corrected chi connectivity index (χ1v) is 7.80. The fraction of sp³-hybridized carbons (Fsp3) is 0.588. The van der Waals surface area contributed by atoms with Crippen LogP contribution in [-0.4, -0.2) is 20.3 Å². The van der Waals surface area contributed by atoms with E-state index in [9.17, 15) is 5.11 Å². The number of para-hydroxylation sites is 2. The molecule has 2 unspecified atom stereocenters. The summed E-state index contributed by atoms with van der Waals surface area (Å²) in [6, 6.07) is 8.28. The first kappa shape index (κ1) is 13.6. The molecule has 3 heteroatoms. The van der Waals surface area contributed by atoms with Crippen molar-refractivity contribution >= 4 is 11.0 Å². The Kier molecular flexibility index (Phi) is 3.55. The van der Waals surface area contributed by atoms with Crippen molar-refractivity contribution in [2.45, 2.75) is 58.1 Å². The van der Waals surface area contributed by atoms with E-state index in [1.807, 2.05) is 6.07 Å². The largest absolute Gasteiger partial charge is 0.389 e. The SMILES string of the molecule is CCCn1c(CC2(O)CCCC2C)nc2ccccc21. The summed E-state index contributed by atoms with van der Waals surface area (Å²) in [5.74, 6) is 1.42. The molecule has 0 amide bonds. The Labute approximate surface area is 120 Å². The lowest BCUT2D eigenvalue weighted by atomic mass is 9.89. The summed E-state index contributed by atoms with van der Waals surface area (Å²) >= 11 is 0. The molecule has 1 fully saturated rings. The van der Waals surface area contributed by atoms with Crippen molar-refractivity contribution in [1.82, 2.24) is 9.55 Å². The van der Waals surface area contributed by atoms with Gasteiger partial charge in [0.15, 0.2) is 0 Å². The molecular formula is C17H24N2O. The highest BCUT2D eigenvalue weighted by molar-refractivity contribution is 5.75. The number of hydrogen-bond acceptors (Lipinski definition) is 2. The van der Waals surface area contributed by atoms with Crippen molar-refractivity contribution in [2.24, 2.45) is 5.92 Å². The minimum atomic E-state index is -0.563. The second kappa shape index (κ2) is 5.21. The van der Waals surface area contributed by atoms with Gasteiger partial charge in [0.05, 0.1) is 16.6 Å². The van der Waals surface area contributed by atoms with E-state index in [0.717, 1.165) is 43.6 Å². The highest BCUT2D eigenvalue weighted by Crippen LogP contribution is 2.38. The molecule has 0 bridgehead atoms. The van der Waals surface area contributed by atoms with E-state index >= 15 is 0 Å². The first-order chi connectivity index (χ1) is 9.64. The van der Waals surface area contributed by atoms with Crippen LogP contribution < -0.4 is 0 Å². The predicted molar refractivity (Wildman–Crippen MR) is 81.7 cm³/mol. The lowest BCUT2D eigenvalue weighted by Crippen LogP contribution is -2.35. The van der Waals surface area contributed by atoms with Crippen LogP contribution in [0.2, 0.25) is 0 Å². The zero-order chi connectivity index (χ0) is 14.2. The Balaban J connectivity index is 2.00. The van der Waals surface area contributed by atoms with Crippen LogP contribution >= 0.6 is 0 Å². The van der Waals surface area contributed by atoms with E-state index in [1.165, 1.54) is 5.52 Å². The zero-order valence-corrected chi connectivity index (χ0v) is 12.5. The van der Waals surface area contributed by atoms with Gasteiger partial charge in [0.1, 0.15) is 5.82 Å². The van der Waals surface area contributed by atoms with Gasteiger partial charge in [0, 0.05) is 13.0 Å². The summed E-state index contributed by atoms with van der Waals surface area (Å²) in [5, 5.41) is 10.9. The Morgan fingerprint density at radius 2 is 2.20 bits per heavy atom. The Morgan fingerprint density at radius 3 is 2.90 bits per heavy atom. The van der Waals surface area contributed by atoms with Crippen LogP contribution in [0.15, 0.2) is 24.3 Å². The van der Waals surface area contributed by atoms with Crippen molar-refractivity contribution in [3.63, 3.8) is 0 Å². The van der Waals surface area contributed by atoms with Crippen molar-refractivity contribution in [2.75, 3.05) is 0 Å². The maximum absolute atomic E-state index is 10.9. The molecule has 1 N–H and O–H groups in total. The Bertz CT molecular complexity index is 604. The number of aryl methyl sites for hydroxylation is 1. The Hall–Kier alpha value is -1.35. The summed E-state index contributed by atoms with van der Waals surface area (Å²) in [4.78, 5) is 4.78. The lowest BCUT2D eigenvalue weighted by molar-refractivity contribution is 0.00716. The van der Waals surface area contributed by atoms with Crippen molar-refractivity contribution in [1.29, 1.82) is 0 Å². The van der Waals surface area contributed by atoms with Crippen LogP contribution in [0.4, 0.5) is 0 Å². The van der Waals surface area contributed by atoms with Crippen LogP contribution in [-0.2, 0) is 13.0 Å². The molecule has 1 aliphatic rings. The van der Waals surface area contributed by atoms with Crippen LogP contribution in [0.25, 0.3) is 11.0 Å². The topological polar surface area (TPSA) is 38.0 Å². The molecule has 0 spiro atoms. The second-order valence-corrected chi connectivity index (χ2v) is 6.24. The summed E-state index contributed by atoms with van der Waals surface area (Å²) < 4.78 is 2.29. The summed E-state index contributed by atoms with van der Waals surface area (Å²) in [6.45, 7) is 5.32. The quantitative estimate of drug-likeness (QED) is 0.924. The van der Waals surface area contributed by atoms with Gasteiger partial charge in [-0.05, 0) is 37.3 Å². The molecule has 1 aromatic heterocycles. The minimum absolute atomic E-state index is 0.373. The Morgan fingerprint density at radius 1 is 1.40 bits per heavy atom. The fourth-order valence-electron chi connectivity index (χ4n) is 3.50. The molecule has 0 radical (unpaired) electrons. The summed E-state index contributed by atoms with van der Waals surface area (Å²) in [5.41, 5.74) is 1.68. The molecule has 1 saturated carbocycles. The van der Waals surface area contributed by atoms with Gasteiger partial charge in [0.2, 0.25) is 0 Å². The third-order valence-electron chi connectivity index (χ3n) is 4.81. The average molecular weight is 272 g/mol. The number of hydrogen-bond donors (Lipinski definition) is 1. The average Bonchev–Trinajstić information content (AvgIpc) is 2.93. The van der Waals surface area contributed by atoms with E-state index in [-0.39, 0.29) is 0 Å². The molecule has 0 aliphatic heterocycles. The normalized spacial score (nSPS) is 26.4. The van der Waals surface area contributed by atoms with Gasteiger partial charge in [-0.25, -0.2) is 4.98 Å². The number of rotatable bonds is 4. The van der Waals surface area contributed by atoms with Gasteiger partial charge in [-0.1, -0.05) is 32.4 Å². The van der Waals surface area contributed by atoms with E-state index in [4.69, 9.17) is 4.98 Å². The highest BCUT2D eigenvalue weighted by atomic mass is 16.3. The maximum Gasteiger partial charge on any atom is 0.112 e. The van der Waals surface area contributed by atoms with Crippen LogP contribution in [0.5, 0.6) is 0 Å². The standard InChI is InChI=1S/C17H24N2O/c1-3-11-19-15-9-5-4-8-14(15)18-16(19)12-17(20)10-6-7-13(17)2/h4-5,8-9,13,20H,3,6-7,10-12H2,1-2H3. The molecular weight excluding hydrogens is 248 g/mol. The van der Waals surface area contributed by atoms with E-state index < -0.39 is 5.60 Å². The second-order valence-electron chi connectivity index (χ2n) is 6.24.